The molecule has 106 valence electrons. The molecule has 3 aromatic rings. The highest BCUT2D eigenvalue weighted by Crippen LogP contribution is 2.26. The Morgan fingerprint density at radius 1 is 1.00 bits per heavy atom. The van der Waals surface area contributed by atoms with Crippen LogP contribution in [0.4, 0.5) is 4.39 Å². The molecule has 0 saturated heterocycles. The summed E-state index contributed by atoms with van der Waals surface area (Å²) in [7, 11) is 0. The zero-order valence-electron chi connectivity index (χ0n) is 11.4. The summed E-state index contributed by atoms with van der Waals surface area (Å²) in [6.07, 6.45) is 0.479. The highest BCUT2D eigenvalue weighted by atomic mass is 79.9. The summed E-state index contributed by atoms with van der Waals surface area (Å²) in [6.45, 7) is 0. The second-order valence-electron chi connectivity index (χ2n) is 5.11. The first-order valence-corrected chi connectivity index (χ1v) is 7.61. The van der Waals surface area contributed by atoms with E-state index in [0.717, 1.165) is 20.8 Å². The summed E-state index contributed by atoms with van der Waals surface area (Å²) < 4.78 is 14.7. The SMILES string of the molecule is NC(Cc1ccc(Br)cc1F)c1cccc2ccccc12. The van der Waals surface area contributed by atoms with Crippen LogP contribution in [0.25, 0.3) is 10.8 Å². The normalized spacial score (nSPS) is 12.5. The molecule has 0 amide bonds. The number of rotatable bonds is 3. The molecule has 0 fully saturated rings. The van der Waals surface area contributed by atoms with E-state index in [9.17, 15) is 4.39 Å². The predicted octanol–water partition coefficient (Wildman–Crippen LogP) is 4.98. The summed E-state index contributed by atoms with van der Waals surface area (Å²) in [5, 5.41) is 2.28. The smallest absolute Gasteiger partial charge is 0.127 e. The molecule has 3 aromatic carbocycles. The van der Waals surface area contributed by atoms with E-state index in [4.69, 9.17) is 5.73 Å². The molecule has 1 atom stereocenters. The maximum Gasteiger partial charge on any atom is 0.127 e. The Morgan fingerprint density at radius 3 is 2.57 bits per heavy atom. The molecule has 3 rings (SSSR count). The Labute approximate surface area is 131 Å². The first-order valence-electron chi connectivity index (χ1n) is 6.82. The van der Waals surface area contributed by atoms with Crippen molar-refractivity contribution >= 4 is 26.7 Å². The van der Waals surface area contributed by atoms with E-state index >= 15 is 0 Å². The number of hydrogen-bond acceptors (Lipinski definition) is 1. The van der Waals surface area contributed by atoms with E-state index in [2.05, 4.69) is 34.1 Å². The van der Waals surface area contributed by atoms with Gasteiger partial charge in [-0.25, -0.2) is 4.39 Å². The number of nitrogens with two attached hydrogens (primary N) is 1. The van der Waals surface area contributed by atoms with Crippen molar-refractivity contribution in [1.82, 2.24) is 0 Å². The minimum absolute atomic E-state index is 0.222. The van der Waals surface area contributed by atoms with E-state index in [-0.39, 0.29) is 11.9 Å². The lowest BCUT2D eigenvalue weighted by atomic mass is 9.94. The third kappa shape index (κ3) is 2.99. The summed E-state index contributed by atoms with van der Waals surface area (Å²) in [5.41, 5.74) is 8.01. The van der Waals surface area contributed by atoms with Gasteiger partial charge in [-0.2, -0.15) is 0 Å². The summed E-state index contributed by atoms with van der Waals surface area (Å²) >= 11 is 3.27. The van der Waals surface area contributed by atoms with Gasteiger partial charge in [0.25, 0.3) is 0 Å². The molecule has 0 aliphatic carbocycles. The fourth-order valence-electron chi connectivity index (χ4n) is 2.61. The molecule has 0 radical (unpaired) electrons. The lowest BCUT2D eigenvalue weighted by Crippen LogP contribution is -2.14. The highest BCUT2D eigenvalue weighted by Gasteiger charge is 2.13. The van der Waals surface area contributed by atoms with Gasteiger partial charge >= 0.3 is 0 Å². The minimum Gasteiger partial charge on any atom is -0.324 e. The van der Waals surface area contributed by atoms with Crippen LogP contribution in [-0.4, -0.2) is 0 Å². The monoisotopic (exact) mass is 343 g/mol. The Kier molecular flexibility index (Phi) is 4.04. The fourth-order valence-corrected chi connectivity index (χ4v) is 2.94. The fraction of sp³-hybridized carbons (Fsp3) is 0.111. The van der Waals surface area contributed by atoms with Crippen LogP contribution in [0.3, 0.4) is 0 Å². The number of hydrogen-bond donors (Lipinski definition) is 1. The van der Waals surface area contributed by atoms with Crippen molar-refractivity contribution in [3.63, 3.8) is 0 Å². The molecule has 3 heteroatoms. The molecule has 0 heterocycles. The van der Waals surface area contributed by atoms with Crippen LogP contribution in [0.2, 0.25) is 0 Å². The zero-order chi connectivity index (χ0) is 14.8. The van der Waals surface area contributed by atoms with Crippen LogP contribution in [0.5, 0.6) is 0 Å². The van der Waals surface area contributed by atoms with Crippen LogP contribution < -0.4 is 5.73 Å². The molecule has 0 saturated carbocycles. The second-order valence-corrected chi connectivity index (χ2v) is 6.03. The Morgan fingerprint density at radius 2 is 1.76 bits per heavy atom. The molecule has 0 aromatic heterocycles. The molecule has 21 heavy (non-hydrogen) atoms. The van der Waals surface area contributed by atoms with Crippen LogP contribution in [0.1, 0.15) is 17.2 Å². The van der Waals surface area contributed by atoms with Crippen LogP contribution in [0, 0.1) is 5.82 Å². The van der Waals surface area contributed by atoms with Gasteiger partial charge in [0.15, 0.2) is 0 Å². The van der Waals surface area contributed by atoms with Crippen LogP contribution in [-0.2, 0) is 6.42 Å². The van der Waals surface area contributed by atoms with Gasteiger partial charge in [0, 0.05) is 10.5 Å². The van der Waals surface area contributed by atoms with Crippen LogP contribution >= 0.6 is 15.9 Å². The Hall–Kier alpha value is -1.71. The summed E-state index contributed by atoms with van der Waals surface area (Å²) in [5.74, 6) is -0.222. The zero-order valence-corrected chi connectivity index (χ0v) is 13.0. The first kappa shape index (κ1) is 14.2. The topological polar surface area (TPSA) is 26.0 Å². The van der Waals surface area contributed by atoms with Gasteiger partial charge in [0.05, 0.1) is 0 Å². The Balaban J connectivity index is 1.95. The third-order valence-electron chi connectivity index (χ3n) is 3.68. The average molecular weight is 344 g/mol. The van der Waals surface area contributed by atoms with Crippen molar-refractivity contribution in [3.8, 4) is 0 Å². The molecule has 2 N–H and O–H groups in total. The van der Waals surface area contributed by atoms with Crippen molar-refractivity contribution in [2.75, 3.05) is 0 Å². The number of fused-ring (bicyclic) bond motifs is 1. The number of benzene rings is 3. The summed E-state index contributed by atoms with van der Waals surface area (Å²) in [6, 6.07) is 19.1. The Bertz CT molecular complexity index is 780. The second kappa shape index (κ2) is 5.96. The number of halogens is 2. The average Bonchev–Trinajstić information content (AvgIpc) is 2.49. The third-order valence-corrected chi connectivity index (χ3v) is 4.17. The molecule has 0 bridgehead atoms. The lowest BCUT2D eigenvalue weighted by Gasteiger charge is -2.15. The van der Waals surface area contributed by atoms with Crippen molar-refractivity contribution in [2.24, 2.45) is 5.73 Å². The molecule has 0 spiro atoms. The molecular weight excluding hydrogens is 329 g/mol. The minimum atomic E-state index is -0.230. The van der Waals surface area contributed by atoms with Crippen LogP contribution in [0.15, 0.2) is 65.1 Å². The van der Waals surface area contributed by atoms with Crippen molar-refractivity contribution in [1.29, 1.82) is 0 Å². The van der Waals surface area contributed by atoms with Gasteiger partial charge in [-0.1, -0.05) is 64.5 Å². The van der Waals surface area contributed by atoms with Gasteiger partial charge in [0.1, 0.15) is 5.82 Å². The van der Waals surface area contributed by atoms with Gasteiger partial charge in [-0.15, -0.1) is 0 Å². The van der Waals surface area contributed by atoms with Gasteiger partial charge in [-0.05, 0) is 40.5 Å². The maximum absolute atomic E-state index is 14.0. The van der Waals surface area contributed by atoms with Gasteiger partial charge in [0.2, 0.25) is 0 Å². The van der Waals surface area contributed by atoms with E-state index in [0.29, 0.717) is 12.0 Å². The molecular formula is C18H15BrFN. The first-order chi connectivity index (χ1) is 10.1. The van der Waals surface area contributed by atoms with Gasteiger partial charge in [-0.3, -0.25) is 0 Å². The molecule has 0 aliphatic rings. The van der Waals surface area contributed by atoms with Crippen molar-refractivity contribution in [2.45, 2.75) is 12.5 Å². The van der Waals surface area contributed by atoms with E-state index in [1.807, 2.05) is 30.3 Å². The van der Waals surface area contributed by atoms with E-state index in [1.165, 1.54) is 6.07 Å². The maximum atomic E-state index is 14.0. The van der Waals surface area contributed by atoms with Crippen molar-refractivity contribution in [3.05, 3.63) is 82.1 Å². The van der Waals surface area contributed by atoms with E-state index < -0.39 is 0 Å². The van der Waals surface area contributed by atoms with E-state index in [1.54, 1.807) is 6.07 Å². The van der Waals surface area contributed by atoms with Gasteiger partial charge < -0.3 is 5.73 Å². The van der Waals surface area contributed by atoms with Crippen molar-refractivity contribution < 1.29 is 4.39 Å². The lowest BCUT2D eigenvalue weighted by molar-refractivity contribution is 0.593. The predicted molar refractivity (Wildman–Crippen MR) is 88.7 cm³/mol. The molecule has 1 nitrogen and oxygen atoms in total. The molecule has 1 unspecified atom stereocenters. The summed E-state index contributed by atoms with van der Waals surface area (Å²) in [4.78, 5) is 0. The quantitative estimate of drug-likeness (QED) is 0.712. The standard InChI is InChI=1S/C18H15BrFN/c19-14-9-8-13(17(20)11-14)10-18(21)16-7-3-5-12-4-1-2-6-15(12)16/h1-9,11,18H,10,21H2. The molecule has 0 aliphatic heterocycles. The largest absolute Gasteiger partial charge is 0.324 e. The highest BCUT2D eigenvalue weighted by molar-refractivity contribution is 9.10.